The molecule has 0 saturated carbocycles. The van der Waals surface area contributed by atoms with E-state index in [4.69, 9.17) is 3.32 Å². The minimum absolute atomic E-state index is 0. The zero-order chi connectivity index (χ0) is 11.4. The van der Waals surface area contributed by atoms with Crippen LogP contribution in [0.25, 0.3) is 0 Å². The van der Waals surface area contributed by atoms with Gasteiger partial charge in [0, 0.05) is 0 Å². The molecule has 0 saturated heterocycles. The van der Waals surface area contributed by atoms with E-state index in [0.717, 1.165) is 12.2 Å². The fourth-order valence-corrected chi connectivity index (χ4v) is 4.68. The Labute approximate surface area is 128 Å². The summed E-state index contributed by atoms with van der Waals surface area (Å²) >= 11 is -1.67. The van der Waals surface area contributed by atoms with Crippen LogP contribution in [-0.4, -0.2) is 3.81 Å². The maximum absolute atomic E-state index is 6.18. The van der Waals surface area contributed by atoms with Crippen LogP contribution in [0, 0.1) is 0 Å². The first kappa shape index (κ1) is 17.7. The first-order chi connectivity index (χ1) is 7.77. The van der Waals surface area contributed by atoms with Crippen molar-refractivity contribution >= 4 is 28.6 Å². The second-order valence-electron chi connectivity index (χ2n) is 4.07. The van der Waals surface area contributed by atoms with Crippen molar-refractivity contribution in [2.45, 2.75) is 20.3 Å². The summed E-state index contributed by atoms with van der Waals surface area (Å²) in [6, 6.07) is 10.2. The largest absolute Gasteiger partial charge is 0.147 e. The molecule has 2 rings (SSSR count). The third kappa shape index (κ3) is 4.74. The Morgan fingerprint density at radius 1 is 1.11 bits per heavy atom. The van der Waals surface area contributed by atoms with Crippen molar-refractivity contribution in [2.75, 3.05) is 0 Å². The molecule has 1 nitrogen and oxygen atoms in total. The van der Waals surface area contributed by atoms with Gasteiger partial charge in [-0.3, -0.25) is 0 Å². The Balaban J connectivity index is 0.00000144. The van der Waals surface area contributed by atoms with Crippen LogP contribution in [0.2, 0.25) is 0 Å². The number of hydrogen-bond donors (Lipinski definition) is 0. The molecule has 1 aliphatic carbocycles. The van der Waals surface area contributed by atoms with Crippen LogP contribution in [0.15, 0.2) is 52.4 Å². The van der Waals surface area contributed by atoms with Gasteiger partial charge in [0.1, 0.15) is 0 Å². The summed E-state index contributed by atoms with van der Waals surface area (Å²) in [5.74, 6) is 1.01. The minimum atomic E-state index is -1.67. The molecule has 0 bridgehead atoms. The Kier molecular flexibility index (Phi) is 8.55. The molecule has 0 N–H and O–H groups in total. The van der Waals surface area contributed by atoms with E-state index in [2.05, 4.69) is 32.1 Å². The van der Waals surface area contributed by atoms with E-state index in [-0.39, 0.29) is 24.8 Å². The SMILES string of the molecule is C[C](C)=[Ti]([O]c1ccccc1)[C]1=CC=CC1.Cl.Cl. The maximum Gasteiger partial charge on any atom is -0.147 e. The van der Waals surface area contributed by atoms with Crippen LogP contribution in [0.3, 0.4) is 0 Å². The standard InChI is InChI=1S/C6H6O.C5H5.C3H6.2ClH.Ti/c7-6-4-2-1-3-5-6;1-2-4-5-3-1;1-3-2;;;/h1-5,7H;1-3H,4H2;1-2H3;2*1H;/q;;;;;+1/p-1. The van der Waals surface area contributed by atoms with Gasteiger partial charge >= 0.3 is 103 Å². The van der Waals surface area contributed by atoms with E-state index < -0.39 is 17.8 Å². The van der Waals surface area contributed by atoms with Crippen LogP contribution in [0.4, 0.5) is 0 Å². The van der Waals surface area contributed by atoms with Crippen LogP contribution in [0.5, 0.6) is 5.75 Å². The van der Waals surface area contributed by atoms with Crippen molar-refractivity contribution in [3.63, 3.8) is 0 Å². The van der Waals surface area contributed by atoms with Crippen LogP contribution in [0.1, 0.15) is 20.3 Å². The molecule has 0 aliphatic heterocycles. The zero-order valence-corrected chi connectivity index (χ0v) is 13.7. The predicted octanol–water partition coefficient (Wildman–Crippen LogP) is 4.50. The van der Waals surface area contributed by atoms with Gasteiger partial charge in [0.25, 0.3) is 0 Å². The third-order valence-corrected chi connectivity index (χ3v) is 6.08. The molecule has 0 amide bonds. The van der Waals surface area contributed by atoms with E-state index in [1.165, 1.54) is 7.69 Å². The quantitative estimate of drug-likeness (QED) is 0.745. The van der Waals surface area contributed by atoms with Crippen molar-refractivity contribution in [1.82, 2.24) is 0 Å². The number of rotatable bonds is 3. The Hall–Kier alpha value is -0.336. The summed E-state index contributed by atoms with van der Waals surface area (Å²) in [5, 5.41) is 0. The molecule has 1 aromatic carbocycles. The smallest absolute Gasteiger partial charge is 0.147 e. The fraction of sp³-hybridized carbons (Fsp3) is 0.214. The van der Waals surface area contributed by atoms with Crippen molar-refractivity contribution < 1.29 is 21.1 Å². The molecular formula is C14H18Cl2OTi. The minimum Gasteiger partial charge on any atom is -0.147 e. The summed E-state index contributed by atoms with van der Waals surface area (Å²) in [7, 11) is 0. The summed E-state index contributed by atoms with van der Waals surface area (Å²) < 4.78 is 9.14. The number of hydrogen-bond acceptors (Lipinski definition) is 1. The van der Waals surface area contributed by atoms with Gasteiger partial charge in [-0.05, 0) is 0 Å². The molecule has 0 fully saturated rings. The first-order valence-electron chi connectivity index (χ1n) is 5.54. The summed E-state index contributed by atoms with van der Waals surface area (Å²) in [4.78, 5) is 0. The van der Waals surface area contributed by atoms with Crippen molar-refractivity contribution in [3.8, 4) is 5.75 Å². The van der Waals surface area contributed by atoms with Gasteiger partial charge in [0.2, 0.25) is 0 Å². The second kappa shape index (κ2) is 8.71. The van der Waals surface area contributed by atoms with Gasteiger partial charge in [-0.15, -0.1) is 24.8 Å². The zero-order valence-electron chi connectivity index (χ0n) is 10.6. The Morgan fingerprint density at radius 2 is 1.78 bits per heavy atom. The fourth-order valence-electron chi connectivity index (χ4n) is 1.71. The summed E-state index contributed by atoms with van der Waals surface area (Å²) in [5.41, 5.74) is 0. The monoisotopic (exact) mass is 320 g/mol. The topological polar surface area (TPSA) is 9.23 Å². The van der Waals surface area contributed by atoms with Crippen LogP contribution >= 0.6 is 24.8 Å². The van der Waals surface area contributed by atoms with E-state index in [1.54, 1.807) is 0 Å². The Morgan fingerprint density at radius 3 is 2.28 bits per heavy atom. The molecule has 0 aromatic heterocycles. The summed E-state index contributed by atoms with van der Waals surface area (Å²) in [6.07, 6.45) is 7.65. The second-order valence-corrected chi connectivity index (χ2v) is 7.98. The Bertz CT molecular complexity index is 460. The van der Waals surface area contributed by atoms with Crippen molar-refractivity contribution in [1.29, 1.82) is 0 Å². The molecule has 0 atom stereocenters. The molecule has 1 aromatic rings. The van der Waals surface area contributed by atoms with E-state index in [9.17, 15) is 0 Å². The van der Waals surface area contributed by atoms with Gasteiger partial charge < -0.3 is 0 Å². The van der Waals surface area contributed by atoms with Crippen LogP contribution in [-0.2, 0) is 17.8 Å². The molecule has 0 radical (unpaired) electrons. The number of halogens is 2. The maximum atomic E-state index is 6.18. The number of allylic oxidation sites excluding steroid dienone is 4. The van der Waals surface area contributed by atoms with Gasteiger partial charge in [0.15, 0.2) is 0 Å². The molecule has 1 aliphatic rings. The number of benzene rings is 1. The van der Waals surface area contributed by atoms with E-state index in [1.807, 2.05) is 30.3 Å². The molecule has 18 heavy (non-hydrogen) atoms. The van der Waals surface area contributed by atoms with Crippen molar-refractivity contribution in [3.05, 3.63) is 52.4 Å². The van der Waals surface area contributed by atoms with Gasteiger partial charge in [-0.25, -0.2) is 0 Å². The molecule has 0 spiro atoms. The van der Waals surface area contributed by atoms with E-state index in [0.29, 0.717) is 0 Å². The molecule has 0 unspecified atom stereocenters. The molecule has 0 heterocycles. The first-order valence-corrected chi connectivity index (χ1v) is 7.74. The van der Waals surface area contributed by atoms with E-state index >= 15 is 0 Å². The average Bonchev–Trinajstić information content (AvgIpc) is 2.80. The molecular weight excluding hydrogens is 303 g/mol. The summed E-state index contributed by atoms with van der Waals surface area (Å²) in [6.45, 7) is 4.38. The normalized spacial score (nSPS) is 12.0. The molecule has 4 heteroatoms. The van der Waals surface area contributed by atoms with Crippen molar-refractivity contribution in [2.24, 2.45) is 0 Å². The van der Waals surface area contributed by atoms with Crippen LogP contribution < -0.4 is 3.32 Å². The van der Waals surface area contributed by atoms with Gasteiger partial charge in [-0.1, -0.05) is 0 Å². The average molecular weight is 321 g/mol. The molecule has 98 valence electrons. The van der Waals surface area contributed by atoms with Gasteiger partial charge in [-0.2, -0.15) is 0 Å². The van der Waals surface area contributed by atoms with Gasteiger partial charge in [0.05, 0.1) is 0 Å². The third-order valence-electron chi connectivity index (χ3n) is 2.48. The number of para-hydroxylation sites is 1. The predicted molar refractivity (Wildman–Crippen MR) is 79.8 cm³/mol.